The number of esters is 1. The quantitative estimate of drug-likeness (QED) is 0.374. The fraction of sp³-hybridized carbons (Fsp3) is 0.400. The standard InChI is InChI=1S/C30H32N6O3/c1-20-14-22(35-13-12-28(2,18-35)21-8-5-4-6-9-21)15-36-25(20)32-27(34-36)30-16-29(17-30,19-39-30)33-24-11-7-10-23(31-24)26(37)38-3/h4-11,14-15H,12-13,16-19H2,1-3H3,(H,31,33)/t28-,29?,30?/m0/s1. The third-order valence-electron chi connectivity index (χ3n) is 8.73. The second-order valence-corrected chi connectivity index (χ2v) is 11.6. The number of carbonyl (C=O) groups excluding carboxylic acids is 1. The van der Waals surface area contributed by atoms with Gasteiger partial charge in [-0.15, -0.1) is 5.10 Å². The highest BCUT2D eigenvalue weighted by Gasteiger charge is 2.65. The summed E-state index contributed by atoms with van der Waals surface area (Å²) in [5, 5.41) is 8.42. The third-order valence-corrected chi connectivity index (χ3v) is 8.73. The molecule has 9 nitrogen and oxygen atoms in total. The van der Waals surface area contributed by atoms with Crippen molar-refractivity contribution in [1.82, 2.24) is 19.6 Å². The molecule has 6 heterocycles. The highest BCUT2D eigenvalue weighted by atomic mass is 16.5. The Morgan fingerprint density at radius 3 is 2.72 bits per heavy atom. The zero-order valence-corrected chi connectivity index (χ0v) is 22.5. The van der Waals surface area contributed by atoms with Crippen molar-refractivity contribution >= 4 is 23.1 Å². The van der Waals surface area contributed by atoms with Crippen LogP contribution in [0.4, 0.5) is 11.5 Å². The molecule has 1 aliphatic carbocycles. The molecule has 4 aromatic rings. The Morgan fingerprint density at radius 1 is 1.10 bits per heavy atom. The number of pyridine rings is 2. The average molecular weight is 525 g/mol. The van der Waals surface area contributed by atoms with Crippen LogP contribution in [0.3, 0.4) is 0 Å². The lowest BCUT2D eigenvalue weighted by molar-refractivity contribution is -0.0124. The molecular formula is C30H32N6O3. The molecule has 1 N–H and O–H groups in total. The Kier molecular flexibility index (Phi) is 5.26. The summed E-state index contributed by atoms with van der Waals surface area (Å²) < 4.78 is 13.0. The van der Waals surface area contributed by atoms with E-state index in [-0.39, 0.29) is 16.6 Å². The minimum atomic E-state index is -0.509. The van der Waals surface area contributed by atoms with Gasteiger partial charge in [-0.3, -0.25) is 0 Å². The number of anilines is 2. The maximum atomic E-state index is 11.9. The lowest BCUT2D eigenvalue weighted by atomic mass is 9.68. The molecule has 3 saturated heterocycles. The largest absolute Gasteiger partial charge is 0.464 e. The van der Waals surface area contributed by atoms with Crippen molar-refractivity contribution in [3.63, 3.8) is 0 Å². The molecule has 0 radical (unpaired) electrons. The number of fused-ring (bicyclic) bond motifs is 2. The van der Waals surface area contributed by atoms with Gasteiger partial charge in [0.1, 0.15) is 11.4 Å². The molecule has 1 aromatic carbocycles. The van der Waals surface area contributed by atoms with Crippen LogP contribution in [0.5, 0.6) is 0 Å². The van der Waals surface area contributed by atoms with Crippen LogP contribution in [0, 0.1) is 6.92 Å². The Morgan fingerprint density at radius 2 is 1.92 bits per heavy atom. The van der Waals surface area contributed by atoms with Crippen LogP contribution in [0.1, 0.15) is 53.6 Å². The first-order valence-electron chi connectivity index (χ1n) is 13.5. The number of hydrogen-bond donors (Lipinski definition) is 1. The normalized spacial score (nSPS) is 27.5. The molecule has 1 saturated carbocycles. The number of rotatable bonds is 6. The topological polar surface area (TPSA) is 93.9 Å². The van der Waals surface area contributed by atoms with Gasteiger partial charge in [0.15, 0.2) is 17.2 Å². The van der Waals surface area contributed by atoms with E-state index >= 15 is 0 Å². The van der Waals surface area contributed by atoms with Gasteiger partial charge in [-0.25, -0.2) is 19.3 Å². The second-order valence-electron chi connectivity index (χ2n) is 11.6. The van der Waals surface area contributed by atoms with Gasteiger partial charge in [-0.2, -0.15) is 0 Å². The molecule has 0 amide bonds. The van der Waals surface area contributed by atoms with Crippen LogP contribution in [-0.2, 0) is 20.5 Å². The van der Waals surface area contributed by atoms with E-state index in [1.54, 1.807) is 12.1 Å². The molecule has 8 rings (SSSR count). The molecule has 4 fully saturated rings. The number of carbonyl (C=O) groups is 1. The van der Waals surface area contributed by atoms with Gasteiger partial charge < -0.3 is 19.7 Å². The number of aryl methyl sites for hydroxylation is 1. The Hall–Kier alpha value is -3.98. The summed E-state index contributed by atoms with van der Waals surface area (Å²) in [5.41, 5.74) is 4.16. The van der Waals surface area contributed by atoms with Crippen molar-refractivity contribution in [1.29, 1.82) is 0 Å². The first-order chi connectivity index (χ1) is 18.8. The SMILES string of the molecule is COC(=O)c1cccc(NC23COC(c4nc5c(C)cc(N6CC[C@](C)(c7ccccc7)C6)cn5n4)(C2)C3)n1. The van der Waals surface area contributed by atoms with Crippen molar-refractivity contribution in [2.45, 2.75) is 49.7 Å². The summed E-state index contributed by atoms with van der Waals surface area (Å²) in [4.78, 5) is 23.7. The van der Waals surface area contributed by atoms with Gasteiger partial charge in [0.05, 0.1) is 31.1 Å². The lowest BCUT2D eigenvalue weighted by Gasteiger charge is -2.43. The predicted molar refractivity (Wildman–Crippen MR) is 147 cm³/mol. The first kappa shape index (κ1) is 24.1. The van der Waals surface area contributed by atoms with Crippen molar-refractivity contribution in [3.05, 3.63) is 83.4 Å². The predicted octanol–water partition coefficient (Wildman–Crippen LogP) is 4.26. The number of aromatic nitrogens is 4. The molecule has 4 aliphatic rings. The van der Waals surface area contributed by atoms with Crippen molar-refractivity contribution in [3.8, 4) is 0 Å². The van der Waals surface area contributed by atoms with E-state index in [1.165, 1.54) is 18.4 Å². The molecule has 1 atom stereocenters. The molecule has 0 spiro atoms. The first-order valence-corrected chi connectivity index (χ1v) is 13.5. The Bertz CT molecular complexity index is 1580. The maximum absolute atomic E-state index is 11.9. The average Bonchev–Trinajstić information content (AvgIpc) is 3.71. The summed E-state index contributed by atoms with van der Waals surface area (Å²) >= 11 is 0. The monoisotopic (exact) mass is 524 g/mol. The highest BCUT2D eigenvalue weighted by Crippen LogP contribution is 2.58. The summed E-state index contributed by atoms with van der Waals surface area (Å²) in [6.45, 7) is 6.96. The summed E-state index contributed by atoms with van der Waals surface area (Å²) in [6.07, 6.45) is 4.70. The number of ether oxygens (including phenoxy) is 2. The molecular weight excluding hydrogens is 492 g/mol. The molecule has 9 heteroatoms. The van der Waals surface area contributed by atoms with Gasteiger partial charge in [0.2, 0.25) is 0 Å². The molecule has 3 aliphatic heterocycles. The van der Waals surface area contributed by atoms with Gasteiger partial charge in [-0.1, -0.05) is 43.3 Å². The summed E-state index contributed by atoms with van der Waals surface area (Å²) in [5.74, 6) is 0.905. The smallest absolute Gasteiger partial charge is 0.356 e. The molecule has 39 heavy (non-hydrogen) atoms. The Labute approximate surface area is 227 Å². The van der Waals surface area contributed by atoms with Gasteiger partial charge >= 0.3 is 5.97 Å². The maximum Gasteiger partial charge on any atom is 0.356 e. The van der Waals surface area contributed by atoms with Crippen LogP contribution in [0.2, 0.25) is 0 Å². The number of methoxy groups -OCH3 is 1. The molecule has 3 aromatic heterocycles. The number of nitrogens with one attached hydrogen (secondary N) is 1. The van der Waals surface area contributed by atoms with Crippen molar-refractivity contribution < 1.29 is 14.3 Å². The fourth-order valence-electron chi connectivity index (χ4n) is 6.62. The lowest BCUT2D eigenvalue weighted by Crippen LogP contribution is -2.53. The van der Waals surface area contributed by atoms with Crippen molar-refractivity contribution in [2.75, 3.05) is 37.0 Å². The summed E-state index contributed by atoms with van der Waals surface area (Å²) in [7, 11) is 1.35. The van der Waals surface area contributed by atoms with Crippen LogP contribution < -0.4 is 10.2 Å². The minimum absolute atomic E-state index is 0.127. The van der Waals surface area contributed by atoms with Gasteiger partial charge in [-0.05, 0) is 42.7 Å². The van der Waals surface area contributed by atoms with E-state index in [0.717, 1.165) is 49.4 Å². The zero-order chi connectivity index (χ0) is 26.8. The van der Waals surface area contributed by atoms with Gasteiger partial charge in [0.25, 0.3) is 0 Å². The molecule has 0 unspecified atom stereocenters. The number of nitrogens with zero attached hydrogens (tertiary/aromatic N) is 5. The van der Waals surface area contributed by atoms with Crippen molar-refractivity contribution in [2.24, 2.45) is 0 Å². The van der Waals surface area contributed by atoms with E-state index in [4.69, 9.17) is 19.6 Å². The minimum Gasteiger partial charge on any atom is -0.464 e. The van der Waals surface area contributed by atoms with E-state index in [1.807, 2.05) is 10.6 Å². The summed E-state index contributed by atoms with van der Waals surface area (Å²) in [6, 6.07) is 18.3. The number of benzene rings is 1. The van der Waals surface area contributed by atoms with E-state index in [0.29, 0.717) is 12.4 Å². The molecule has 2 bridgehead atoms. The number of hydrogen-bond acceptors (Lipinski definition) is 8. The Balaban J connectivity index is 1.10. The second kappa shape index (κ2) is 8.51. The zero-order valence-electron chi connectivity index (χ0n) is 22.5. The molecule has 200 valence electrons. The van der Waals surface area contributed by atoms with Crippen LogP contribution in [0.15, 0.2) is 60.8 Å². The van der Waals surface area contributed by atoms with Crippen LogP contribution >= 0.6 is 0 Å². The third kappa shape index (κ3) is 3.86. The van der Waals surface area contributed by atoms with Gasteiger partial charge in [0, 0.05) is 31.3 Å². The van der Waals surface area contributed by atoms with E-state index < -0.39 is 11.6 Å². The highest BCUT2D eigenvalue weighted by molar-refractivity contribution is 5.87. The van der Waals surface area contributed by atoms with Crippen LogP contribution in [0.25, 0.3) is 5.65 Å². The fourth-order valence-corrected chi connectivity index (χ4v) is 6.62. The van der Waals surface area contributed by atoms with E-state index in [9.17, 15) is 4.79 Å². The van der Waals surface area contributed by atoms with E-state index in [2.05, 4.69) is 71.6 Å². The van der Waals surface area contributed by atoms with Crippen LogP contribution in [-0.4, -0.2) is 57.9 Å².